The van der Waals surface area contributed by atoms with Gasteiger partial charge in [-0.25, -0.2) is 0 Å². The van der Waals surface area contributed by atoms with Crippen molar-refractivity contribution in [2.75, 3.05) is 19.6 Å². The number of carbonyl (C=O) groups is 1. The Kier molecular flexibility index (Phi) is 4.15. The number of nitrogens with two attached hydrogens (primary N) is 1. The Morgan fingerprint density at radius 3 is 2.75 bits per heavy atom. The number of rotatable bonds is 5. The first kappa shape index (κ1) is 15.0. The number of aryl methyl sites for hydroxylation is 1. The normalized spacial score (nSPS) is 17.4. The smallest absolute Gasteiger partial charge is 0.257 e. The predicted octanol–water partition coefficient (Wildman–Crippen LogP) is 0.383. The lowest BCUT2D eigenvalue weighted by molar-refractivity contribution is -0.110. The van der Waals surface area contributed by atoms with Crippen molar-refractivity contribution in [2.45, 2.75) is 39.3 Å². The summed E-state index contributed by atoms with van der Waals surface area (Å²) in [6.07, 6.45) is 2.45. The third-order valence-electron chi connectivity index (χ3n) is 4.20. The molecular formula is C14H24N4O2. The van der Waals surface area contributed by atoms with E-state index >= 15 is 0 Å². The van der Waals surface area contributed by atoms with E-state index in [0.29, 0.717) is 25.2 Å². The van der Waals surface area contributed by atoms with Gasteiger partial charge in [-0.3, -0.25) is 9.48 Å². The minimum absolute atomic E-state index is 0.0492. The monoisotopic (exact) mass is 280 g/mol. The minimum Gasteiger partial charge on any atom is -0.386 e. The molecular weight excluding hydrogens is 256 g/mol. The number of aliphatic hydroxyl groups is 1. The van der Waals surface area contributed by atoms with Crippen LogP contribution in [-0.4, -0.2) is 50.9 Å². The number of nitrogens with zero attached hydrogens (tertiary/aromatic N) is 3. The van der Waals surface area contributed by atoms with Gasteiger partial charge in [0.1, 0.15) is 5.60 Å². The average molecular weight is 280 g/mol. The predicted molar refractivity (Wildman–Crippen MR) is 76.3 cm³/mol. The van der Waals surface area contributed by atoms with Crippen LogP contribution in [0.3, 0.4) is 0 Å². The summed E-state index contributed by atoms with van der Waals surface area (Å²) >= 11 is 0. The van der Waals surface area contributed by atoms with Crippen LogP contribution in [0.25, 0.3) is 0 Å². The Bertz CT molecular complexity index is 489. The molecule has 0 unspecified atom stereocenters. The molecule has 0 radical (unpaired) electrons. The lowest BCUT2D eigenvalue weighted by Gasteiger charge is -2.48. The van der Waals surface area contributed by atoms with E-state index in [4.69, 9.17) is 5.73 Å². The van der Waals surface area contributed by atoms with Crippen molar-refractivity contribution >= 4 is 5.91 Å². The van der Waals surface area contributed by atoms with Gasteiger partial charge in [-0.15, -0.1) is 0 Å². The molecule has 2 heterocycles. The minimum atomic E-state index is -0.737. The SMILES string of the molecule is Cc1c(C(=O)N2CC(O)(C(C)C)C2)cnn1CCCN. The second-order valence-electron chi connectivity index (χ2n) is 5.93. The molecule has 0 spiro atoms. The van der Waals surface area contributed by atoms with Gasteiger partial charge in [0, 0.05) is 12.2 Å². The van der Waals surface area contributed by atoms with Gasteiger partial charge in [-0.05, 0) is 25.8 Å². The maximum absolute atomic E-state index is 12.4. The van der Waals surface area contributed by atoms with Crippen molar-refractivity contribution in [1.82, 2.24) is 14.7 Å². The summed E-state index contributed by atoms with van der Waals surface area (Å²) in [6, 6.07) is 0. The van der Waals surface area contributed by atoms with E-state index in [0.717, 1.165) is 18.7 Å². The summed E-state index contributed by atoms with van der Waals surface area (Å²) in [5, 5.41) is 14.5. The summed E-state index contributed by atoms with van der Waals surface area (Å²) in [7, 11) is 0. The maximum Gasteiger partial charge on any atom is 0.257 e. The van der Waals surface area contributed by atoms with Gasteiger partial charge in [0.25, 0.3) is 5.91 Å². The van der Waals surface area contributed by atoms with Gasteiger partial charge in [-0.1, -0.05) is 13.8 Å². The van der Waals surface area contributed by atoms with E-state index in [1.54, 1.807) is 11.1 Å². The molecule has 6 heteroatoms. The van der Waals surface area contributed by atoms with Crippen LogP contribution in [-0.2, 0) is 6.54 Å². The van der Waals surface area contributed by atoms with E-state index in [1.807, 2.05) is 25.5 Å². The Morgan fingerprint density at radius 1 is 1.55 bits per heavy atom. The molecule has 6 nitrogen and oxygen atoms in total. The molecule has 0 atom stereocenters. The molecule has 0 aliphatic carbocycles. The highest BCUT2D eigenvalue weighted by Gasteiger charge is 2.46. The first-order valence-corrected chi connectivity index (χ1v) is 7.13. The third kappa shape index (κ3) is 2.58. The fraction of sp³-hybridized carbons (Fsp3) is 0.714. The third-order valence-corrected chi connectivity index (χ3v) is 4.20. The van der Waals surface area contributed by atoms with Crippen molar-refractivity contribution < 1.29 is 9.90 Å². The number of aromatic nitrogens is 2. The Balaban J connectivity index is 2.03. The summed E-state index contributed by atoms with van der Waals surface area (Å²) < 4.78 is 1.81. The number of hydrogen-bond donors (Lipinski definition) is 2. The number of amides is 1. The molecule has 1 amide bonds. The zero-order valence-corrected chi connectivity index (χ0v) is 12.5. The maximum atomic E-state index is 12.4. The van der Waals surface area contributed by atoms with Crippen molar-refractivity contribution in [3.05, 3.63) is 17.5 Å². The quantitative estimate of drug-likeness (QED) is 0.817. The molecule has 0 bridgehead atoms. The highest BCUT2D eigenvalue weighted by molar-refractivity contribution is 5.95. The zero-order chi connectivity index (χ0) is 14.9. The zero-order valence-electron chi connectivity index (χ0n) is 12.5. The Hall–Kier alpha value is -1.40. The standard InChI is InChI=1S/C14H24N4O2/c1-10(2)14(20)8-17(9-14)13(19)12-7-16-18(11(12)3)6-4-5-15/h7,10,20H,4-6,8-9,15H2,1-3H3. The van der Waals surface area contributed by atoms with Crippen LogP contribution >= 0.6 is 0 Å². The summed E-state index contributed by atoms with van der Waals surface area (Å²) in [4.78, 5) is 14.1. The van der Waals surface area contributed by atoms with Gasteiger partial charge in [-0.2, -0.15) is 5.10 Å². The molecule has 1 aliphatic heterocycles. The lowest BCUT2D eigenvalue weighted by Crippen LogP contribution is -2.66. The fourth-order valence-corrected chi connectivity index (χ4v) is 2.42. The van der Waals surface area contributed by atoms with Crippen LogP contribution in [0.15, 0.2) is 6.20 Å². The van der Waals surface area contributed by atoms with Crippen LogP contribution in [0.2, 0.25) is 0 Å². The molecule has 1 aliphatic rings. The molecule has 3 N–H and O–H groups in total. The van der Waals surface area contributed by atoms with E-state index in [-0.39, 0.29) is 11.8 Å². The molecule has 1 aromatic rings. The number of β-amino-alcohol motifs (C(OH)–C–C–N with tert-alkyl or cyclic N) is 1. The van der Waals surface area contributed by atoms with Crippen LogP contribution in [0.1, 0.15) is 36.3 Å². The van der Waals surface area contributed by atoms with E-state index < -0.39 is 5.60 Å². The average Bonchev–Trinajstić information content (AvgIpc) is 2.73. The van der Waals surface area contributed by atoms with Crippen molar-refractivity contribution in [3.8, 4) is 0 Å². The van der Waals surface area contributed by atoms with Gasteiger partial charge >= 0.3 is 0 Å². The molecule has 20 heavy (non-hydrogen) atoms. The molecule has 112 valence electrons. The number of hydrogen-bond acceptors (Lipinski definition) is 4. The highest BCUT2D eigenvalue weighted by Crippen LogP contribution is 2.30. The van der Waals surface area contributed by atoms with Crippen LogP contribution in [0, 0.1) is 12.8 Å². The Labute approximate surface area is 119 Å². The summed E-state index contributed by atoms with van der Waals surface area (Å²) in [5.74, 6) is 0.103. The fourth-order valence-electron chi connectivity index (χ4n) is 2.42. The van der Waals surface area contributed by atoms with Crippen molar-refractivity contribution in [2.24, 2.45) is 11.7 Å². The summed E-state index contributed by atoms with van der Waals surface area (Å²) in [6.45, 7) is 7.97. The largest absolute Gasteiger partial charge is 0.386 e. The number of carbonyl (C=O) groups excluding carboxylic acids is 1. The van der Waals surface area contributed by atoms with Gasteiger partial charge in [0.2, 0.25) is 0 Å². The molecule has 1 aromatic heterocycles. The van der Waals surface area contributed by atoms with Crippen molar-refractivity contribution in [1.29, 1.82) is 0 Å². The molecule has 0 aromatic carbocycles. The molecule has 2 rings (SSSR count). The van der Waals surface area contributed by atoms with Crippen LogP contribution < -0.4 is 5.73 Å². The second kappa shape index (κ2) is 5.54. The van der Waals surface area contributed by atoms with E-state index in [2.05, 4.69) is 5.10 Å². The lowest BCUT2D eigenvalue weighted by atomic mass is 9.82. The van der Waals surface area contributed by atoms with Gasteiger partial charge < -0.3 is 15.7 Å². The molecule has 0 saturated carbocycles. The Morgan fingerprint density at radius 2 is 2.20 bits per heavy atom. The van der Waals surface area contributed by atoms with Crippen LogP contribution in [0.5, 0.6) is 0 Å². The van der Waals surface area contributed by atoms with Crippen LogP contribution in [0.4, 0.5) is 0 Å². The van der Waals surface area contributed by atoms with E-state index in [9.17, 15) is 9.90 Å². The highest BCUT2D eigenvalue weighted by atomic mass is 16.3. The molecule has 1 fully saturated rings. The van der Waals surface area contributed by atoms with Crippen molar-refractivity contribution in [3.63, 3.8) is 0 Å². The first-order valence-electron chi connectivity index (χ1n) is 7.13. The first-order chi connectivity index (χ1) is 9.39. The van der Waals surface area contributed by atoms with Gasteiger partial charge in [0.05, 0.1) is 24.8 Å². The van der Waals surface area contributed by atoms with Gasteiger partial charge in [0.15, 0.2) is 0 Å². The topological polar surface area (TPSA) is 84.4 Å². The molecule has 1 saturated heterocycles. The van der Waals surface area contributed by atoms with E-state index in [1.165, 1.54) is 0 Å². The number of likely N-dealkylation sites (tertiary alicyclic amines) is 1. The summed E-state index contributed by atoms with van der Waals surface area (Å²) in [5.41, 5.74) is 6.23. The second-order valence-corrected chi connectivity index (χ2v) is 5.93.